The normalized spacial score (nSPS) is 17.5. The molecule has 1 fully saturated rings. The number of fused-ring (bicyclic) bond motifs is 3. The van der Waals surface area contributed by atoms with Gasteiger partial charge in [-0.2, -0.15) is 5.10 Å². The average molecular weight is 474 g/mol. The molecule has 1 aromatic heterocycles. The summed E-state index contributed by atoms with van der Waals surface area (Å²) in [7, 11) is 0. The van der Waals surface area contributed by atoms with Gasteiger partial charge in [0.25, 0.3) is 0 Å². The number of nitrogens with zero attached hydrogens (tertiary/aromatic N) is 4. The standard InChI is InChI=1S/C28H35N5O2/c1-20-6-4-7-24(14-20)32-13-12-31(17-22(32)3)11-5-10-29-27(34)18-33-28-23(16-30-33)19-35-26-9-8-21(2)15-25(26)28/h4,6-9,14-16,22H,5,10-13,17-19H2,1-3H3,(H,29,34). The van der Waals surface area contributed by atoms with Gasteiger partial charge in [-0.1, -0.05) is 23.8 Å². The van der Waals surface area contributed by atoms with Crippen LogP contribution in [0, 0.1) is 13.8 Å². The van der Waals surface area contributed by atoms with Gasteiger partial charge in [0.1, 0.15) is 18.9 Å². The highest BCUT2D eigenvalue weighted by atomic mass is 16.5. The minimum absolute atomic E-state index is 0.00534. The van der Waals surface area contributed by atoms with Gasteiger partial charge in [0, 0.05) is 49.0 Å². The third kappa shape index (κ3) is 5.20. The molecular weight excluding hydrogens is 438 g/mol. The fraction of sp³-hybridized carbons (Fsp3) is 0.429. The highest BCUT2D eigenvalue weighted by molar-refractivity contribution is 5.78. The molecule has 35 heavy (non-hydrogen) atoms. The molecular formula is C28H35N5O2. The predicted molar refractivity (Wildman–Crippen MR) is 139 cm³/mol. The van der Waals surface area contributed by atoms with Crippen molar-refractivity contribution in [3.63, 3.8) is 0 Å². The van der Waals surface area contributed by atoms with Gasteiger partial charge in [-0.15, -0.1) is 0 Å². The van der Waals surface area contributed by atoms with Gasteiger partial charge >= 0.3 is 0 Å². The van der Waals surface area contributed by atoms with Crippen LogP contribution in [0.15, 0.2) is 48.7 Å². The topological polar surface area (TPSA) is 62.6 Å². The molecule has 184 valence electrons. The Balaban J connectivity index is 1.09. The number of carbonyl (C=O) groups is 1. The van der Waals surface area contributed by atoms with E-state index in [1.54, 1.807) is 4.68 Å². The fourth-order valence-electron chi connectivity index (χ4n) is 5.22. The van der Waals surface area contributed by atoms with Crippen LogP contribution in [0.1, 0.15) is 30.0 Å². The molecule has 0 bridgehead atoms. The van der Waals surface area contributed by atoms with Crippen LogP contribution < -0.4 is 15.0 Å². The Morgan fingerprint density at radius 2 is 2.00 bits per heavy atom. The number of ether oxygens (including phenoxy) is 1. The molecule has 0 spiro atoms. The van der Waals surface area contributed by atoms with Crippen molar-refractivity contribution in [2.75, 3.05) is 37.6 Å². The predicted octanol–water partition coefficient (Wildman–Crippen LogP) is 3.78. The van der Waals surface area contributed by atoms with Gasteiger partial charge < -0.3 is 15.0 Å². The number of aromatic nitrogens is 2. The second kappa shape index (κ2) is 10.1. The van der Waals surface area contributed by atoms with Crippen molar-refractivity contribution in [3.8, 4) is 17.0 Å². The zero-order valence-corrected chi connectivity index (χ0v) is 21.0. The lowest BCUT2D eigenvalue weighted by atomic mass is 10.0. The zero-order chi connectivity index (χ0) is 24.4. The average Bonchev–Trinajstić information content (AvgIpc) is 3.25. The molecule has 1 amide bonds. The summed E-state index contributed by atoms with van der Waals surface area (Å²) in [6.45, 7) is 12.0. The minimum Gasteiger partial charge on any atom is -0.488 e. The Hall–Kier alpha value is -3.32. The summed E-state index contributed by atoms with van der Waals surface area (Å²) in [5, 5.41) is 7.56. The summed E-state index contributed by atoms with van der Waals surface area (Å²) >= 11 is 0. The third-order valence-corrected chi connectivity index (χ3v) is 7.00. The number of anilines is 1. The number of amides is 1. The van der Waals surface area contributed by atoms with Crippen LogP contribution >= 0.6 is 0 Å². The molecule has 1 N–H and O–H groups in total. The smallest absolute Gasteiger partial charge is 0.241 e. The summed E-state index contributed by atoms with van der Waals surface area (Å²) in [5.74, 6) is 0.844. The van der Waals surface area contributed by atoms with E-state index in [9.17, 15) is 4.79 Å². The van der Waals surface area contributed by atoms with E-state index in [1.807, 2.05) is 18.3 Å². The van der Waals surface area contributed by atoms with Crippen molar-refractivity contribution in [3.05, 3.63) is 65.4 Å². The molecule has 3 heterocycles. The second-order valence-corrected chi connectivity index (χ2v) is 9.85. The molecule has 1 saturated heterocycles. The largest absolute Gasteiger partial charge is 0.488 e. The quantitative estimate of drug-likeness (QED) is 0.529. The summed E-state index contributed by atoms with van der Waals surface area (Å²) in [4.78, 5) is 17.7. The van der Waals surface area contributed by atoms with Crippen molar-refractivity contribution >= 4 is 11.6 Å². The van der Waals surface area contributed by atoms with Crippen molar-refractivity contribution in [1.29, 1.82) is 0 Å². The van der Waals surface area contributed by atoms with Gasteiger partial charge in [0.2, 0.25) is 5.91 Å². The first-order valence-corrected chi connectivity index (χ1v) is 12.6. The molecule has 5 rings (SSSR count). The minimum atomic E-state index is -0.00534. The molecule has 0 saturated carbocycles. The number of piperazine rings is 1. The Kier molecular flexibility index (Phi) is 6.77. The maximum absolute atomic E-state index is 12.7. The number of aryl methyl sites for hydroxylation is 2. The number of rotatable bonds is 7. The number of carbonyl (C=O) groups excluding carboxylic acids is 1. The van der Waals surface area contributed by atoms with E-state index in [0.29, 0.717) is 19.2 Å². The van der Waals surface area contributed by atoms with E-state index in [4.69, 9.17) is 4.74 Å². The monoisotopic (exact) mass is 473 g/mol. The molecule has 1 atom stereocenters. The molecule has 7 nitrogen and oxygen atoms in total. The fourth-order valence-corrected chi connectivity index (χ4v) is 5.22. The summed E-state index contributed by atoms with van der Waals surface area (Å²) < 4.78 is 7.65. The maximum Gasteiger partial charge on any atom is 0.241 e. The van der Waals surface area contributed by atoms with E-state index in [1.165, 1.54) is 11.3 Å². The van der Waals surface area contributed by atoms with Crippen LogP contribution in [0.5, 0.6) is 5.75 Å². The SMILES string of the molecule is Cc1cccc(N2CCN(CCCNC(=O)Cn3ncc4c3-c3cc(C)ccc3OC4)CC2C)c1. The van der Waals surface area contributed by atoms with Crippen LogP contribution in [0.4, 0.5) is 5.69 Å². The van der Waals surface area contributed by atoms with E-state index in [-0.39, 0.29) is 12.5 Å². The van der Waals surface area contributed by atoms with Gasteiger partial charge in [0.05, 0.1) is 11.9 Å². The number of hydrogen-bond acceptors (Lipinski definition) is 5. The first-order valence-electron chi connectivity index (χ1n) is 12.6. The molecule has 7 heteroatoms. The van der Waals surface area contributed by atoms with E-state index in [0.717, 1.165) is 60.7 Å². The second-order valence-electron chi connectivity index (χ2n) is 9.85. The van der Waals surface area contributed by atoms with Crippen LogP contribution in [-0.2, 0) is 17.9 Å². The first kappa shape index (κ1) is 23.4. The molecule has 1 unspecified atom stereocenters. The zero-order valence-electron chi connectivity index (χ0n) is 21.0. The lowest BCUT2D eigenvalue weighted by Crippen LogP contribution is -2.52. The lowest BCUT2D eigenvalue weighted by Gasteiger charge is -2.41. The molecule has 3 aromatic rings. The highest BCUT2D eigenvalue weighted by Gasteiger charge is 2.25. The Bertz CT molecular complexity index is 1200. The van der Waals surface area contributed by atoms with Crippen LogP contribution in [0.2, 0.25) is 0 Å². The van der Waals surface area contributed by atoms with Gasteiger partial charge in [-0.05, 0) is 63.6 Å². The van der Waals surface area contributed by atoms with Crippen LogP contribution in [0.25, 0.3) is 11.3 Å². The van der Waals surface area contributed by atoms with Crippen molar-refractivity contribution < 1.29 is 9.53 Å². The van der Waals surface area contributed by atoms with E-state index < -0.39 is 0 Å². The van der Waals surface area contributed by atoms with Gasteiger partial charge in [-0.3, -0.25) is 14.4 Å². The number of nitrogens with one attached hydrogen (secondary N) is 1. The maximum atomic E-state index is 12.7. The molecule has 2 aliphatic heterocycles. The third-order valence-electron chi connectivity index (χ3n) is 7.00. The lowest BCUT2D eigenvalue weighted by molar-refractivity contribution is -0.121. The number of benzene rings is 2. The summed E-state index contributed by atoms with van der Waals surface area (Å²) in [6, 6.07) is 15.4. The Labute approximate surface area is 207 Å². The molecule has 0 radical (unpaired) electrons. The van der Waals surface area contributed by atoms with Gasteiger partial charge in [-0.25, -0.2) is 0 Å². The summed E-state index contributed by atoms with van der Waals surface area (Å²) in [5.41, 5.74) is 6.80. The van der Waals surface area contributed by atoms with Crippen molar-refractivity contribution in [2.45, 2.75) is 46.4 Å². The van der Waals surface area contributed by atoms with Crippen molar-refractivity contribution in [1.82, 2.24) is 20.0 Å². The van der Waals surface area contributed by atoms with E-state index >= 15 is 0 Å². The molecule has 2 aliphatic rings. The van der Waals surface area contributed by atoms with Crippen LogP contribution in [0.3, 0.4) is 0 Å². The van der Waals surface area contributed by atoms with Crippen LogP contribution in [-0.4, -0.2) is 59.4 Å². The van der Waals surface area contributed by atoms with Crippen molar-refractivity contribution in [2.24, 2.45) is 0 Å². The Morgan fingerprint density at radius 3 is 2.83 bits per heavy atom. The van der Waals surface area contributed by atoms with Gasteiger partial charge in [0.15, 0.2) is 0 Å². The highest BCUT2D eigenvalue weighted by Crippen LogP contribution is 2.37. The molecule has 0 aliphatic carbocycles. The molecule has 2 aromatic carbocycles. The number of hydrogen-bond donors (Lipinski definition) is 1. The van der Waals surface area contributed by atoms with E-state index in [2.05, 4.69) is 71.3 Å². The first-order chi connectivity index (χ1) is 17.0. The summed E-state index contributed by atoms with van der Waals surface area (Å²) in [6.07, 6.45) is 2.75. The Morgan fingerprint density at radius 1 is 1.14 bits per heavy atom.